The minimum Gasteiger partial charge on any atom is -0.811 e. The van der Waals surface area contributed by atoms with Gasteiger partial charge in [-0.05, 0) is 65.7 Å². The van der Waals surface area contributed by atoms with E-state index >= 15 is 0 Å². The number of rotatable bonds is 7. The number of halogens is 1. The van der Waals surface area contributed by atoms with Crippen LogP contribution in [0.25, 0.3) is 0 Å². The predicted octanol–water partition coefficient (Wildman–Crippen LogP) is 2.31. The lowest BCUT2D eigenvalue weighted by molar-refractivity contribution is -0.313. The number of hydrogen-bond acceptors (Lipinski definition) is 3. The Balaban J connectivity index is 2.08. The first-order chi connectivity index (χ1) is 7.97. The van der Waals surface area contributed by atoms with Crippen molar-refractivity contribution >= 4 is 30.2 Å². The van der Waals surface area contributed by atoms with Gasteiger partial charge in [0.1, 0.15) is 0 Å². The summed E-state index contributed by atoms with van der Waals surface area (Å²) in [4.78, 5) is 20.8. The van der Waals surface area contributed by atoms with Gasteiger partial charge in [-0.3, -0.25) is 0 Å². The summed E-state index contributed by atoms with van der Waals surface area (Å²) in [6, 6.07) is 8.40. The Labute approximate surface area is 116 Å². The van der Waals surface area contributed by atoms with Crippen LogP contribution in [-0.4, -0.2) is 6.16 Å². The van der Waals surface area contributed by atoms with Gasteiger partial charge in [-0.1, -0.05) is 32.6 Å². The lowest BCUT2D eigenvalue weighted by Crippen LogP contribution is -2.16. The van der Waals surface area contributed by atoms with Gasteiger partial charge in [0, 0.05) is 3.57 Å². The van der Waals surface area contributed by atoms with Crippen LogP contribution in [0.2, 0.25) is 0 Å². The highest BCUT2D eigenvalue weighted by atomic mass is 127. The van der Waals surface area contributed by atoms with Crippen LogP contribution in [0.1, 0.15) is 31.2 Å². The van der Waals surface area contributed by atoms with E-state index in [2.05, 4.69) is 46.9 Å². The molecule has 0 saturated heterocycles. The zero-order chi connectivity index (χ0) is 12.7. The zero-order valence-electron chi connectivity index (χ0n) is 9.60. The van der Waals surface area contributed by atoms with Crippen molar-refractivity contribution in [2.45, 2.75) is 32.1 Å². The normalized spacial score (nSPS) is 11.7. The minimum atomic E-state index is -4.28. The van der Waals surface area contributed by atoms with E-state index in [0.29, 0.717) is 6.42 Å². The third-order valence-electron chi connectivity index (χ3n) is 2.56. The first kappa shape index (κ1) is 15.2. The molecule has 0 N–H and O–H groups in total. The molecule has 0 unspecified atom stereocenters. The van der Waals surface area contributed by atoms with E-state index in [4.69, 9.17) is 0 Å². The van der Waals surface area contributed by atoms with E-state index in [1.165, 1.54) is 9.13 Å². The molecule has 3 nitrogen and oxygen atoms in total. The summed E-state index contributed by atoms with van der Waals surface area (Å²) >= 11 is 2.27. The molecule has 1 aromatic rings. The van der Waals surface area contributed by atoms with E-state index in [0.717, 1.165) is 25.7 Å². The minimum absolute atomic E-state index is 0.198. The van der Waals surface area contributed by atoms with Gasteiger partial charge in [-0.2, -0.15) is 0 Å². The van der Waals surface area contributed by atoms with Gasteiger partial charge < -0.3 is 14.4 Å². The first-order valence-electron chi connectivity index (χ1n) is 5.73. The van der Waals surface area contributed by atoms with Gasteiger partial charge in [-0.15, -0.1) is 0 Å². The summed E-state index contributed by atoms with van der Waals surface area (Å²) in [5.41, 5.74) is 1.31. The molecule has 17 heavy (non-hydrogen) atoms. The molecule has 96 valence electrons. The summed E-state index contributed by atoms with van der Waals surface area (Å²) in [6.07, 6.45) is 4.16. The summed E-state index contributed by atoms with van der Waals surface area (Å²) in [6.45, 7) is 0. The van der Waals surface area contributed by atoms with Gasteiger partial charge in [-0.25, -0.2) is 0 Å². The molecule has 1 rings (SSSR count). The van der Waals surface area contributed by atoms with Crippen LogP contribution in [0.4, 0.5) is 0 Å². The fourth-order valence-corrected chi connectivity index (χ4v) is 2.61. The summed E-state index contributed by atoms with van der Waals surface area (Å²) in [5.74, 6) is 0. The molecule has 0 aliphatic carbocycles. The third kappa shape index (κ3) is 7.92. The maximum atomic E-state index is 10.4. The average molecular weight is 366 g/mol. The predicted molar refractivity (Wildman–Crippen MR) is 73.8 cm³/mol. The molecule has 0 spiro atoms. The van der Waals surface area contributed by atoms with Crippen molar-refractivity contribution in [2.75, 3.05) is 6.16 Å². The molecule has 0 bridgehead atoms. The maximum absolute atomic E-state index is 10.4. The van der Waals surface area contributed by atoms with Crippen LogP contribution in [0, 0.1) is 3.57 Å². The van der Waals surface area contributed by atoms with Crippen molar-refractivity contribution in [1.82, 2.24) is 0 Å². The molecular weight excluding hydrogens is 350 g/mol. The largest absolute Gasteiger partial charge is 0.811 e. The summed E-state index contributed by atoms with van der Waals surface area (Å²) < 4.78 is 11.6. The fourth-order valence-electron chi connectivity index (χ4n) is 1.64. The summed E-state index contributed by atoms with van der Waals surface area (Å²) in [5, 5.41) is 0. The van der Waals surface area contributed by atoms with Gasteiger partial charge in [0.2, 0.25) is 0 Å². The van der Waals surface area contributed by atoms with Gasteiger partial charge >= 0.3 is 0 Å². The molecule has 0 radical (unpaired) electrons. The van der Waals surface area contributed by atoms with Crippen LogP contribution in [0.15, 0.2) is 24.3 Å². The molecule has 1 aromatic carbocycles. The van der Waals surface area contributed by atoms with Crippen molar-refractivity contribution < 1.29 is 14.4 Å². The molecular formula is C12H16IO3P-2. The Morgan fingerprint density at radius 2 is 1.59 bits per heavy atom. The first-order valence-corrected chi connectivity index (χ1v) is 8.53. The van der Waals surface area contributed by atoms with Crippen molar-refractivity contribution in [3.8, 4) is 0 Å². The van der Waals surface area contributed by atoms with Crippen LogP contribution in [-0.2, 0) is 11.0 Å². The summed E-state index contributed by atoms with van der Waals surface area (Å²) in [7, 11) is -4.28. The zero-order valence-corrected chi connectivity index (χ0v) is 12.7. The Hall–Kier alpha value is 0.1000. The molecule has 0 fully saturated rings. The molecule has 0 aliphatic rings. The van der Waals surface area contributed by atoms with E-state index in [-0.39, 0.29) is 6.16 Å². The van der Waals surface area contributed by atoms with E-state index < -0.39 is 7.60 Å². The highest BCUT2D eigenvalue weighted by molar-refractivity contribution is 14.1. The molecule has 0 heterocycles. The van der Waals surface area contributed by atoms with E-state index in [9.17, 15) is 14.4 Å². The van der Waals surface area contributed by atoms with Crippen LogP contribution >= 0.6 is 30.2 Å². The monoisotopic (exact) mass is 366 g/mol. The Morgan fingerprint density at radius 1 is 1.00 bits per heavy atom. The smallest absolute Gasteiger partial charge is 0.0130 e. The SMILES string of the molecule is O=P([O-])([O-])CCCCCCc1ccc(I)cc1. The number of hydrogen-bond donors (Lipinski definition) is 0. The molecule has 0 aromatic heterocycles. The maximum Gasteiger partial charge on any atom is 0.0130 e. The topological polar surface area (TPSA) is 63.2 Å². The van der Waals surface area contributed by atoms with E-state index in [1.54, 1.807) is 0 Å². The highest BCUT2D eigenvalue weighted by Crippen LogP contribution is 2.25. The number of benzene rings is 1. The quantitative estimate of drug-likeness (QED) is 0.423. The molecule has 0 saturated carbocycles. The van der Waals surface area contributed by atoms with Gasteiger partial charge in [0.05, 0.1) is 0 Å². The van der Waals surface area contributed by atoms with Crippen molar-refractivity contribution in [3.05, 3.63) is 33.4 Å². The Morgan fingerprint density at radius 3 is 2.18 bits per heavy atom. The van der Waals surface area contributed by atoms with Crippen LogP contribution < -0.4 is 9.79 Å². The number of aryl methyl sites for hydroxylation is 1. The standard InChI is InChI=1S/C12H18IO3P/c13-12-8-6-11(7-9-12)5-3-1-2-4-10-17(14,15)16/h6-9H,1-5,10H2,(H2,14,15,16)/p-2. The lowest BCUT2D eigenvalue weighted by atomic mass is 10.1. The number of unbranched alkanes of at least 4 members (excludes halogenated alkanes) is 3. The Bertz CT molecular complexity index is 372. The second kappa shape index (κ2) is 7.52. The third-order valence-corrected chi connectivity index (χ3v) is 4.14. The Kier molecular flexibility index (Phi) is 6.70. The average Bonchev–Trinajstić information content (AvgIpc) is 2.24. The van der Waals surface area contributed by atoms with E-state index in [1.807, 2.05) is 0 Å². The molecule has 0 aliphatic heterocycles. The fraction of sp³-hybridized carbons (Fsp3) is 0.500. The second-order valence-corrected chi connectivity index (χ2v) is 7.04. The molecule has 0 amide bonds. The van der Waals surface area contributed by atoms with Gasteiger partial charge in [0.15, 0.2) is 0 Å². The van der Waals surface area contributed by atoms with Crippen molar-refractivity contribution in [3.63, 3.8) is 0 Å². The highest BCUT2D eigenvalue weighted by Gasteiger charge is 1.96. The van der Waals surface area contributed by atoms with Crippen LogP contribution in [0.5, 0.6) is 0 Å². The van der Waals surface area contributed by atoms with Crippen LogP contribution in [0.3, 0.4) is 0 Å². The lowest BCUT2D eigenvalue weighted by Gasteiger charge is -2.29. The second-order valence-electron chi connectivity index (χ2n) is 4.13. The molecule has 0 atom stereocenters. The molecule has 5 heteroatoms. The van der Waals surface area contributed by atoms with Gasteiger partial charge in [0.25, 0.3) is 0 Å². The van der Waals surface area contributed by atoms with Crippen molar-refractivity contribution in [2.24, 2.45) is 0 Å². The van der Waals surface area contributed by atoms with Crippen molar-refractivity contribution in [1.29, 1.82) is 0 Å².